The van der Waals surface area contributed by atoms with E-state index in [9.17, 15) is 19.8 Å². The molecule has 6 aliphatic rings. The molecular formula is C30H40N2O6. The van der Waals surface area contributed by atoms with Gasteiger partial charge in [0.2, 0.25) is 11.8 Å². The van der Waals surface area contributed by atoms with Gasteiger partial charge in [-0.3, -0.25) is 9.59 Å². The lowest BCUT2D eigenvalue weighted by Gasteiger charge is -2.58. The second-order valence-corrected chi connectivity index (χ2v) is 12.4. The van der Waals surface area contributed by atoms with E-state index in [1.807, 2.05) is 29.2 Å². The van der Waals surface area contributed by atoms with Gasteiger partial charge in [0.1, 0.15) is 18.0 Å². The highest BCUT2D eigenvalue weighted by atomic mass is 16.5. The summed E-state index contributed by atoms with van der Waals surface area (Å²) in [6.07, 6.45) is 7.71. The second kappa shape index (κ2) is 10.3. The third-order valence-electron chi connectivity index (χ3n) is 9.75. The minimum atomic E-state index is -0.984. The van der Waals surface area contributed by atoms with Crippen LogP contribution in [0.4, 0.5) is 0 Å². The van der Waals surface area contributed by atoms with Gasteiger partial charge in [0.05, 0.1) is 31.6 Å². The van der Waals surface area contributed by atoms with Crippen molar-refractivity contribution in [1.82, 2.24) is 10.2 Å². The lowest BCUT2D eigenvalue weighted by atomic mass is 9.49. The van der Waals surface area contributed by atoms with Crippen LogP contribution in [0.3, 0.4) is 0 Å². The predicted molar refractivity (Wildman–Crippen MR) is 140 cm³/mol. The molecule has 4 fully saturated rings. The number of hydrogen-bond acceptors (Lipinski definition) is 6. The molecular weight excluding hydrogens is 484 g/mol. The van der Waals surface area contributed by atoms with Crippen LogP contribution < -0.4 is 10.1 Å². The van der Waals surface area contributed by atoms with Crippen molar-refractivity contribution in [3.05, 3.63) is 41.5 Å². The predicted octanol–water partition coefficient (Wildman–Crippen LogP) is 2.39. The Morgan fingerprint density at radius 1 is 1.13 bits per heavy atom. The van der Waals surface area contributed by atoms with E-state index in [0.717, 1.165) is 42.6 Å². The largest absolute Gasteiger partial charge is 0.486 e. The van der Waals surface area contributed by atoms with Crippen LogP contribution in [0.2, 0.25) is 0 Å². The Morgan fingerprint density at radius 2 is 1.82 bits per heavy atom. The van der Waals surface area contributed by atoms with E-state index in [1.54, 1.807) is 13.2 Å². The Bertz CT molecular complexity index is 1070. The summed E-state index contributed by atoms with van der Waals surface area (Å²) in [5, 5.41) is 23.9. The fourth-order valence-corrected chi connectivity index (χ4v) is 8.73. The number of benzene rings is 1. The average molecular weight is 525 g/mol. The number of nitrogens with zero attached hydrogens (tertiary/aromatic N) is 1. The molecule has 4 unspecified atom stereocenters. The van der Waals surface area contributed by atoms with E-state index in [0.29, 0.717) is 24.5 Å². The Labute approximate surface area is 224 Å². The topological polar surface area (TPSA) is 108 Å². The number of fused-ring (bicyclic) bond motifs is 3. The maximum atomic E-state index is 13.8. The van der Waals surface area contributed by atoms with Gasteiger partial charge in [0.25, 0.3) is 0 Å². The van der Waals surface area contributed by atoms with Gasteiger partial charge in [0, 0.05) is 31.3 Å². The maximum absolute atomic E-state index is 13.8. The van der Waals surface area contributed by atoms with E-state index < -0.39 is 24.2 Å². The number of methoxy groups -OCH3 is 1. The number of aliphatic hydroxyl groups is 2. The van der Waals surface area contributed by atoms with Crippen molar-refractivity contribution >= 4 is 11.8 Å². The molecule has 4 atom stereocenters. The fourth-order valence-electron chi connectivity index (χ4n) is 8.73. The minimum Gasteiger partial charge on any atom is -0.486 e. The molecule has 0 spiro atoms. The van der Waals surface area contributed by atoms with Crippen LogP contribution >= 0.6 is 0 Å². The molecule has 8 nitrogen and oxygen atoms in total. The smallest absolute Gasteiger partial charge is 0.247 e. The molecule has 4 saturated carbocycles. The van der Waals surface area contributed by atoms with Crippen molar-refractivity contribution in [1.29, 1.82) is 0 Å². The highest BCUT2D eigenvalue weighted by Crippen LogP contribution is 2.60. The Morgan fingerprint density at radius 3 is 2.47 bits per heavy atom. The highest BCUT2D eigenvalue weighted by Gasteiger charge is 2.55. The Hall–Kier alpha value is -2.42. The summed E-state index contributed by atoms with van der Waals surface area (Å²) in [5.41, 5.74) is 1.42. The number of ether oxygens (including phenoxy) is 2. The van der Waals surface area contributed by atoms with Crippen LogP contribution in [0.15, 0.2) is 35.9 Å². The number of para-hydroxylation sites is 1. The van der Waals surface area contributed by atoms with Crippen LogP contribution in [-0.4, -0.2) is 78.6 Å². The zero-order valence-electron chi connectivity index (χ0n) is 22.2. The molecule has 1 aliphatic heterocycles. The standard InChI is InChI=1S/C30H40N2O6/c1-37-9-6-25(34)32(17-30-14-18-10-19(15-30)12-20(11-18)16-30)23-13-22(29(36)31-7-8-33)26-21-4-2-3-5-24(21)38-28(26)27(23)35/h2-5,13,18-20,23,26-28,33,35H,6-12,14-17H2,1H3,(H,31,36). The summed E-state index contributed by atoms with van der Waals surface area (Å²) in [5.74, 6) is 2.06. The molecule has 8 heteroatoms. The van der Waals surface area contributed by atoms with Crippen molar-refractivity contribution in [2.75, 3.05) is 33.4 Å². The lowest BCUT2D eigenvalue weighted by Crippen LogP contribution is -2.60. The van der Waals surface area contributed by atoms with Gasteiger partial charge >= 0.3 is 0 Å². The highest BCUT2D eigenvalue weighted by molar-refractivity contribution is 5.96. The maximum Gasteiger partial charge on any atom is 0.247 e. The number of carbonyl (C=O) groups excluding carboxylic acids is 2. The minimum absolute atomic E-state index is 0.0630. The first-order valence-electron chi connectivity index (χ1n) is 14.2. The number of aliphatic hydroxyl groups excluding tert-OH is 2. The van der Waals surface area contributed by atoms with Gasteiger partial charge in [-0.1, -0.05) is 18.2 Å². The van der Waals surface area contributed by atoms with E-state index in [2.05, 4.69) is 5.32 Å². The van der Waals surface area contributed by atoms with Gasteiger partial charge in [0.15, 0.2) is 0 Å². The van der Waals surface area contributed by atoms with Crippen molar-refractivity contribution in [3.8, 4) is 5.75 Å². The SMILES string of the molecule is COCCC(=O)N(CC12CC3CC(CC(C3)C1)C2)C1C=C(C(=O)NCCO)C2c3ccccc3OC2C1O. The first-order valence-corrected chi connectivity index (χ1v) is 14.2. The van der Waals surface area contributed by atoms with Crippen LogP contribution in [0.25, 0.3) is 0 Å². The van der Waals surface area contributed by atoms with E-state index in [-0.39, 0.29) is 36.8 Å². The molecule has 7 rings (SSSR count). The molecule has 2 amide bonds. The number of rotatable bonds is 9. The molecule has 0 saturated heterocycles. The summed E-state index contributed by atoms with van der Waals surface area (Å²) in [6.45, 7) is 0.862. The fraction of sp³-hybridized carbons (Fsp3) is 0.667. The van der Waals surface area contributed by atoms with Crippen LogP contribution in [0.5, 0.6) is 5.75 Å². The zero-order chi connectivity index (χ0) is 26.4. The van der Waals surface area contributed by atoms with Gasteiger partial charge < -0.3 is 29.9 Å². The van der Waals surface area contributed by atoms with Gasteiger partial charge in [-0.15, -0.1) is 0 Å². The summed E-state index contributed by atoms with van der Waals surface area (Å²) in [6, 6.07) is 6.88. The van der Waals surface area contributed by atoms with Crippen molar-refractivity contribution in [2.45, 2.75) is 69.1 Å². The molecule has 5 aliphatic carbocycles. The van der Waals surface area contributed by atoms with Gasteiger partial charge in [-0.25, -0.2) is 0 Å². The molecule has 1 aromatic carbocycles. The van der Waals surface area contributed by atoms with E-state index in [4.69, 9.17) is 9.47 Å². The monoisotopic (exact) mass is 524 g/mol. The normalized spacial score (nSPS) is 36.2. The first-order chi connectivity index (χ1) is 18.4. The average Bonchev–Trinajstić information content (AvgIpc) is 3.29. The molecule has 206 valence electrons. The molecule has 0 aromatic heterocycles. The number of carbonyl (C=O) groups is 2. The third kappa shape index (κ3) is 4.54. The van der Waals surface area contributed by atoms with Crippen molar-refractivity contribution in [3.63, 3.8) is 0 Å². The number of nitrogens with one attached hydrogen (secondary N) is 1. The number of amides is 2. The molecule has 4 bridgehead atoms. The summed E-state index contributed by atoms with van der Waals surface area (Å²) in [7, 11) is 1.59. The summed E-state index contributed by atoms with van der Waals surface area (Å²) < 4.78 is 11.5. The Kier molecular flexibility index (Phi) is 6.99. The molecule has 38 heavy (non-hydrogen) atoms. The summed E-state index contributed by atoms with van der Waals surface area (Å²) in [4.78, 5) is 29.0. The molecule has 1 heterocycles. The van der Waals surface area contributed by atoms with Gasteiger partial charge in [-0.2, -0.15) is 0 Å². The van der Waals surface area contributed by atoms with Crippen molar-refractivity contribution < 1.29 is 29.3 Å². The third-order valence-corrected chi connectivity index (χ3v) is 9.75. The second-order valence-electron chi connectivity index (χ2n) is 12.4. The first kappa shape index (κ1) is 25.8. The molecule has 3 N–H and O–H groups in total. The van der Waals surface area contributed by atoms with Crippen LogP contribution in [0, 0.1) is 23.2 Å². The molecule has 1 aromatic rings. The summed E-state index contributed by atoms with van der Waals surface area (Å²) >= 11 is 0. The molecule has 0 radical (unpaired) electrons. The Balaban J connectivity index is 1.36. The quantitative estimate of drug-likeness (QED) is 0.458. The van der Waals surface area contributed by atoms with E-state index in [1.165, 1.54) is 19.3 Å². The number of hydrogen-bond donors (Lipinski definition) is 3. The van der Waals surface area contributed by atoms with E-state index >= 15 is 0 Å². The van der Waals surface area contributed by atoms with Crippen LogP contribution in [0.1, 0.15) is 56.4 Å². The van der Waals surface area contributed by atoms with Crippen LogP contribution in [-0.2, 0) is 14.3 Å². The lowest BCUT2D eigenvalue weighted by molar-refractivity contribution is -0.146. The zero-order valence-corrected chi connectivity index (χ0v) is 22.2. The van der Waals surface area contributed by atoms with Gasteiger partial charge in [-0.05, 0) is 73.8 Å². The van der Waals surface area contributed by atoms with Crippen molar-refractivity contribution in [2.24, 2.45) is 23.2 Å².